The lowest BCUT2D eigenvalue weighted by molar-refractivity contribution is -0.117. The van der Waals surface area contributed by atoms with Crippen LogP contribution in [0.4, 0.5) is 25.3 Å². The highest BCUT2D eigenvalue weighted by Gasteiger charge is 2.34. The normalized spacial score (nSPS) is 15.6. The van der Waals surface area contributed by atoms with E-state index >= 15 is 0 Å². The number of carbonyl (C=O) groups excluding carboxylic acids is 8. The van der Waals surface area contributed by atoms with Gasteiger partial charge in [0.2, 0.25) is 11.7 Å². The number of ketones is 4. The number of Topliss-reactive ketones (excluding diaryl/α,β-unsaturated/α-hetero) is 3. The maximum absolute atomic E-state index is 13.1. The smallest absolute Gasteiger partial charge is 0.413 e. The standard InChI is InChI=1S/C20H19N3O4S.C20H23N3O4S.C19H18N4O4S.C19H17N3O5S/c1-12-4-5-14(11-21-12)19(25)23-20-22-16(15-3-2-8-27-15)18(28-20)17(24)13-6-9-26-10-7-13;24-16(13-23-8-2-1-3-9-23)21-20-22-17(15-5-4-10-27-15)19(28-20)18(25)14-6-11-26-12-7-14;1-11-20-9-13(10-21-11)18(25)23-19-22-15(14-3-2-6-27-14)17(28-19)16(24)12-4-7-26-8-5-12;23-16(13-4-1-2-8-20-13)17-15(14-5-3-9-26-14)21-18(28-17)22-19(24)27-12-6-10-25-11-7-12/h2-5,8,11,13H,6-7,9-10H2,1H3,(H,22,23,25);1-2,4-5,10,14H,3,6-9,11-13H2,(H,21,22,24);2-3,6,9-10,12H,4-5,7-8H2,1H3,(H,22,23,25);1-5,8-9,12H,6-7,10-11H2,(H,21,22,24). The van der Waals surface area contributed by atoms with Crippen molar-refractivity contribution in [3.63, 3.8) is 0 Å². The molecule has 0 aromatic carbocycles. The fourth-order valence-electron chi connectivity index (χ4n) is 12.2. The van der Waals surface area contributed by atoms with Gasteiger partial charge in [0.25, 0.3) is 11.8 Å². The molecule has 0 aliphatic carbocycles. The molecule has 4 N–H and O–H groups in total. The van der Waals surface area contributed by atoms with Gasteiger partial charge in [0, 0.05) is 114 Å². The van der Waals surface area contributed by atoms with Crippen LogP contribution in [0.3, 0.4) is 0 Å². The Labute approximate surface area is 657 Å². The maximum atomic E-state index is 13.1. The number of ether oxygens (including phenoxy) is 5. The van der Waals surface area contributed by atoms with E-state index in [9.17, 15) is 38.4 Å². The monoisotopic (exact) mass is 1600 g/mol. The number of nitrogens with one attached hydrogen (secondary N) is 4. The molecule has 0 saturated carbocycles. The molecule has 0 radical (unpaired) electrons. The highest BCUT2D eigenvalue weighted by molar-refractivity contribution is 7.19. The Hall–Kier alpha value is -11.1. The first-order valence-corrected chi connectivity index (χ1v) is 39.5. The van der Waals surface area contributed by atoms with Crippen molar-refractivity contribution < 1.29 is 79.7 Å². The van der Waals surface area contributed by atoms with E-state index in [0.29, 0.717) is 208 Å². The van der Waals surface area contributed by atoms with Crippen LogP contribution in [0.5, 0.6) is 0 Å². The van der Waals surface area contributed by atoms with Crippen LogP contribution >= 0.6 is 45.3 Å². The van der Waals surface area contributed by atoms with Crippen molar-refractivity contribution in [3.05, 3.63) is 189 Å². The fraction of sp³-hybridized carbons (Fsp3) is 0.333. The summed E-state index contributed by atoms with van der Waals surface area (Å²) in [6.45, 7) is 10.2. The number of aryl methyl sites for hydroxylation is 2. The molecule has 4 fully saturated rings. The molecule has 5 aliphatic heterocycles. The Morgan fingerprint density at radius 3 is 1.30 bits per heavy atom. The highest BCUT2D eigenvalue weighted by Crippen LogP contribution is 2.40. The third-order valence-corrected chi connectivity index (χ3v) is 22.1. The second-order valence-electron chi connectivity index (χ2n) is 26.0. The van der Waals surface area contributed by atoms with Gasteiger partial charge in [-0.15, -0.1) is 0 Å². The van der Waals surface area contributed by atoms with Crippen molar-refractivity contribution >= 4 is 113 Å². The lowest BCUT2D eigenvalue weighted by Gasteiger charge is -2.21. The van der Waals surface area contributed by atoms with Gasteiger partial charge >= 0.3 is 6.09 Å². The van der Waals surface area contributed by atoms with Crippen LogP contribution in [0.2, 0.25) is 0 Å². The number of rotatable bonds is 21. The number of thiazole rings is 4. The van der Waals surface area contributed by atoms with Crippen molar-refractivity contribution in [1.82, 2.24) is 44.8 Å². The van der Waals surface area contributed by atoms with Crippen molar-refractivity contribution in [1.29, 1.82) is 0 Å². The summed E-state index contributed by atoms with van der Waals surface area (Å²) in [4.78, 5) is 140. The molecular weight excluding hydrogens is 1520 g/mol. The zero-order valence-corrected chi connectivity index (χ0v) is 64.1. The average Bonchev–Trinajstić information content (AvgIpc) is 1.67. The molecule has 16 rings (SSSR count). The number of hydrogen-bond donors (Lipinski definition) is 4. The molecule has 11 aromatic rings. The first-order chi connectivity index (χ1) is 54.6. The summed E-state index contributed by atoms with van der Waals surface area (Å²) in [6, 6.07) is 22.5. The number of furan rings is 4. The van der Waals surface area contributed by atoms with Gasteiger partial charge in [-0.25, -0.2) is 34.7 Å². The molecule has 0 bridgehead atoms. The molecule has 0 atom stereocenters. The van der Waals surface area contributed by atoms with Crippen LogP contribution in [0.25, 0.3) is 45.8 Å². The van der Waals surface area contributed by atoms with Crippen molar-refractivity contribution in [2.75, 3.05) is 93.8 Å². The van der Waals surface area contributed by atoms with Gasteiger partial charge in [-0.2, -0.15) is 0 Å². The lowest BCUT2D eigenvalue weighted by Crippen LogP contribution is -2.35. The van der Waals surface area contributed by atoms with Gasteiger partial charge < -0.3 is 46.7 Å². The molecule has 4 saturated heterocycles. The molecule has 30 nitrogen and oxygen atoms in total. The molecule has 0 spiro atoms. The van der Waals surface area contributed by atoms with Crippen molar-refractivity contribution in [2.45, 2.75) is 77.7 Å². The molecule has 4 amide bonds. The Bertz CT molecular complexity index is 4840. The molecule has 34 heteroatoms. The fourth-order valence-corrected chi connectivity index (χ4v) is 16.1. The lowest BCUT2D eigenvalue weighted by atomic mass is 9.94. The van der Waals surface area contributed by atoms with E-state index in [1.807, 2.05) is 6.92 Å². The Balaban J connectivity index is 0.000000131. The third-order valence-electron chi connectivity index (χ3n) is 18.1. The molecule has 5 aliphatic rings. The minimum absolute atomic E-state index is 0.00590. The first-order valence-electron chi connectivity index (χ1n) is 36.2. The van der Waals surface area contributed by atoms with Crippen LogP contribution in [0.15, 0.2) is 159 Å². The van der Waals surface area contributed by atoms with E-state index in [1.54, 1.807) is 98.2 Å². The van der Waals surface area contributed by atoms with Gasteiger partial charge in [-0.1, -0.05) is 63.6 Å². The summed E-state index contributed by atoms with van der Waals surface area (Å²) in [5.74, 6) is 1.19. The summed E-state index contributed by atoms with van der Waals surface area (Å²) in [6.07, 6.45) is 21.9. The summed E-state index contributed by atoms with van der Waals surface area (Å²) in [5.41, 5.74) is 3.63. The van der Waals surface area contributed by atoms with Crippen molar-refractivity contribution in [2.24, 2.45) is 17.8 Å². The number of anilines is 4. The van der Waals surface area contributed by atoms with Crippen LogP contribution in [0, 0.1) is 31.6 Å². The van der Waals surface area contributed by atoms with Gasteiger partial charge in [0.05, 0.1) is 55.9 Å². The van der Waals surface area contributed by atoms with E-state index in [0.717, 1.165) is 47.9 Å². The van der Waals surface area contributed by atoms with E-state index in [-0.39, 0.29) is 75.5 Å². The van der Waals surface area contributed by atoms with E-state index in [1.165, 1.54) is 60.1 Å². The number of nitrogens with zero attached hydrogens (tertiary/aromatic N) is 9. The highest BCUT2D eigenvalue weighted by atomic mass is 32.1. The van der Waals surface area contributed by atoms with Crippen LogP contribution in [-0.2, 0) is 28.5 Å². The first kappa shape index (κ1) is 79.0. The number of hydrogen-bond acceptors (Lipinski definition) is 30. The van der Waals surface area contributed by atoms with E-state index < -0.39 is 6.09 Å². The Kier molecular flexibility index (Phi) is 27.3. The minimum Gasteiger partial charge on any atom is -0.463 e. The number of carbonyl (C=O) groups is 8. The van der Waals surface area contributed by atoms with Crippen LogP contribution < -0.4 is 21.3 Å². The van der Waals surface area contributed by atoms with E-state index in [4.69, 9.17) is 41.4 Å². The quantitative estimate of drug-likeness (QED) is 0.0383. The Morgan fingerprint density at radius 1 is 0.455 bits per heavy atom. The molecular formula is C78H77N13O17S4. The summed E-state index contributed by atoms with van der Waals surface area (Å²) < 4.78 is 48.5. The second-order valence-corrected chi connectivity index (χ2v) is 30.0. The van der Waals surface area contributed by atoms with Gasteiger partial charge in [-0.3, -0.25) is 64.4 Å². The second kappa shape index (κ2) is 38.7. The average molecular weight is 1600 g/mol. The molecule has 0 unspecified atom stereocenters. The third kappa shape index (κ3) is 20.9. The zero-order valence-electron chi connectivity index (χ0n) is 60.8. The maximum Gasteiger partial charge on any atom is 0.413 e. The summed E-state index contributed by atoms with van der Waals surface area (Å²) >= 11 is 4.60. The van der Waals surface area contributed by atoms with Crippen LogP contribution in [0.1, 0.15) is 134 Å². The van der Waals surface area contributed by atoms with Gasteiger partial charge in [0.15, 0.2) is 60.9 Å². The number of aromatic nitrogens is 8. The van der Waals surface area contributed by atoms with Crippen LogP contribution in [-0.4, -0.2) is 170 Å². The molecule has 112 heavy (non-hydrogen) atoms. The number of pyridine rings is 2. The molecule has 16 heterocycles. The summed E-state index contributed by atoms with van der Waals surface area (Å²) in [5, 5.41) is 12.3. The minimum atomic E-state index is -0.608. The SMILES string of the molecule is Cc1ccc(C(=O)Nc2nc(-c3ccco3)c(C(=O)C3CCOCC3)s2)cn1.Cc1ncc(C(=O)Nc2nc(-c3ccco3)c(C(=O)C3CCOCC3)s2)cn1.O=C(CN1CC=CCC1)Nc1nc(-c2ccco2)c(C(=O)C2CCOCC2)s1.O=C(Nc1nc(-c2ccco2)c(C(=O)c2ccccn2)s1)OC1CCOCC1. The molecule has 580 valence electrons. The Morgan fingerprint density at radius 2 is 0.884 bits per heavy atom. The molecule has 11 aromatic heterocycles. The number of amides is 4. The van der Waals surface area contributed by atoms with Gasteiger partial charge in [0.1, 0.15) is 59.9 Å². The van der Waals surface area contributed by atoms with Gasteiger partial charge in [-0.05, 0) is 132 Å². The van der Waals surface area contributed by atoms with Crippen molar-refractivity contribution in [3.8, 4) is 45.8 Å². The predicted octanol–water partition coefficient (Wildman–Crippen LogP) is 14.3. The summed E-state index contributed by atoms with van der Waals surface area (Å²) in [7, 11) is 0. The van der Waals surface area contributed by atoms with E-state index in [2.05, 4.69) is 78.2 Å². The topological polar surface area (TPSA) is 390 Å². The zero-order chi connectivity index (χ0) is 77.7. The largest absolute Gasteiger partial charge is 0.463 e. The predicted molar refractivity (Wildman–Crippen MR) is 415 cm³/mol.